The van der Waals surface area contributed by atoms with Crippen LogP contribution in [-0.2, 0) is 6.42 Å². The normalized spacial score (nSPS) is 10.7. The molecule has 0 aliphatic heterocycles. The number of Topliss-reactive ketones (excluding diaryl/α,β-unsaturated/α-hetero) is 1. The van der Waals surface area contributed by atoms with Crippen molar-refractivity contribution in [3.63, 3.8) is 0 Å². The van der Waals surface area contributed by atoms with Gasteiger partial charge in [0.25, 0.3) is 0 Å². The van der Waals surface area contributed by atoms with Crippen molar-refractivity contribution in [2.75, 3.05) is 0 Å². The van der Waals surface area contributed by atoms with Crippen molar-refractivity contribution in [3.05, 3.63) is 77.7 Å². The summed E-state index contributed by atoms with van der Waals surface area (Å²) in [7, 11) is 0. The first-order valence-corrected chi connectivity index (χ1v) is 6.36. The van der Waals surface area contributed by atoms with Crippen molar-refractivity contribution in [1.82, 2.24) is 4.98 Å². The highest BCUT2D eigenvalue weighted by atomic mass is 19.1. The van der Waals surface area contributed by atoms with E-state index < -0.39 is 0 Å². The van der Waals surface area contributed by atoms with E-state index in [1.165, 1.54) is 12.1 Å². The minimum absolute atomic E-state index is 0.0274. The quantitative estimate of drug-likeness (QED) is 0.674. The molecule has 0 aliphatic carbocycles. The van der Waals surface area contributed by atoms with Crippen molar-refractivity contribution in [1.29, 1.82) is 0 Å². The third-order valence-corrected chi connectivity index (χ3v) is 3.15. The number of halogens is 1. The molecule has 98 valence electrons. The fraction of sp³-hybridized carbons (Fsp3) is 0.0588. The minimum atomic E-state index is -0.285. The molecule has 2 aromatic carbocycles. The maximum absolute atomic E-state index is 13.1. The van der Waals surface area contributed by atoms with Gasteiger partial charge in [-0.3, -0.25) is 9.78 Å². The fourth-order valence-electron chi connectivity index (χ4n) is 2.13. The number of fused-ring (bicyclic) bond motifs is 1. The van der Waals surface area contributed by atoms with Crippen LogP contribution >= 0.6 is 0 Å². The minimum Gasteiger partial charge on any atom is -0.294 e. The van der Waals surface area contributed by atoms with Crippen LogP contribution in [0.15, 0.2) is 60.7 Å². The first kappa shape index (κ1) is 12.5. The van der Waals surface area contributed by atoms with Crippen molar-refractivity contribution < 1.29 is 9.18 Å². The summed E-state index contributed by atoms with van der Waals surface area (Å²) in [6, 6.07) is 17.1. The zero-order chi connectivity index (χ0) is 13.9. The molecule has 0 bridgehead atoms. The van der Waals surface area contributed by atoms with Gasteiger partial charge in [0.1, 0.15) is 5.82 Å². The van der Waals surface area contributed by atoms with Crippen molar-refractivity contribution in [2.24, 2.45) is 0 Å². The summed E-state index contributed by atoms with van der Waals surface area (Å²) in [6.45, 7) is 0. The van der Waals surface area contributed by atoms with E-state index in [0.29, 0.717) is 16.8 Å². The van der Waals surface area contributed by atoms with Gasteiger partial charge in [0.05, 0.1) is 11.9 Å². The van der Waals surface area contributed by atoms with E-state index in [-0.39, 0.29) is 18.0 Å². The monoisotopic (exact) mass is 265 g/mol. The van der Waals surface area contributed by atoms with Crippen molar-refractivity contribution in [2.45, 2.75) is 6.42 Å². The maximum atomic E-state index is 13.1. The smallest absolute Gasteiger partial charge is 0.168 e. The summed E-state index contributed by atoms with van der Waals surface area (Å²) >= 11 is 0. The van der Waals surface area contributed by atoms with Crippen LogP contribution in [0.25, 0.3) is 10.9 Å². The number of hydrogen-bond acceptors (Lipinski definition) is 2. The molecule has 1 aromatic heterocycles. The number of pyridine rings is 1. The summed E-state index contributed by atoms with van der Waals surface area (Å²) in [5.74, 6) is -0.257. The van der Waals surface area contributed by atoms with Crippen molar-refractivity contribution in [3.8, 4) is 0 Å². The third kappa shape index (κ3) is 2.57. The molecule has 3 rings (SSSR count). The number of benzene rings is 2. The highest BCUT2D eigenvalue weighted by Gasteiger charge is 2.08. The summed E-state index contributed by atoms with van der Waals surface area (Å²) in [6.07, 6.45) is 0.247. The second-order valence-corrected chi connectivity index (χ2v) is 4.61. The first-order valence-electron chi connectivity index (χ1n) is 6.36. The standard InChI is InChI=1S/C17H12FNO/c18-14-7-9-16-13(10-14)6-8-15(19-16)11-17(20)12-4-2-1-3-5-12/h1-10H,11H2. The Bertz CT molecular complexity index is 768. The second-order valence-electron chi connectivity index (χ2n) is 4.61. The van der Waals surface area contributed by atoms with Gasteiger partial charge in [-0.25, -0.2) is 4.39 Å². The molecule has 0 spiro atoms. The van der Waals surface area contributed by atoms with Gasteiger partial charge in [-0.2, -0.15) is 0 Å². The number of carbonyl (C=O) groups is 1. The Morgan fingerprint density at radius 3 is 2.60 bits per heavy atom. The molecule has 2 nitrogen and oxygen atoms in total. The Labute approximate surface area is 115 Å². The van der Waals surface area contributed by atoms with Crippen LogP contribution in [0, 0.1) is 5.82 Å². The highest BCUT2D eigenvalue weighted by molar-refractivity contribution is 5.97. The molecule has 0 radical (unpaired) electrons. The third-order valence-electron chi connectivity index (χ3n) is 3.15. The second kappa shape index (κ2) is 5.21. The van der Waals surface area contributed by atoms with Gasteiger partial charge in [0.2, 0.25) is 0 Å². The molecule has 3 aromatic rings. The summed E-state index contributed by atoms with van der Waals surface area (Å²) in [4.78, 5) is 16.5. The van der Waals surface area contributed by atoms with Gasteiger partial charge in [-0.15, -0.1) is 0 Å². The molecule has 0 aliphatic rings. The molecule has 3 heteroatoms. The van der Waals surface area contributed by atoms with E-state index in [1.54, 1.807) is 30.3 Å². The van der Waals surface area contributed by atoms with Crippen LogP contribution in [0.1, 0.15) is 16.1 Å². The highest BCUT2D eigenvalue weighted by Crippen LogP contribution is 2.15. The topological polar surface area (TPSA) is 30.0 Å². The van der Waals surface area contributed by atoms with Crippen LogP contribution < -0.4 is 0 Å². The SMILES string of the molecule is O=C(Cc1ccc2cc(F)ccc2n1)c1ccccc1. The Kier molecular flexibility index (Phi) is 3.25. The van der Waals surface area contributed by atoms with Gasteiger partial charge in [0, 0.05) is 16.6 Å². The van der Waals surface area contributed by atoms with E-state index >= 15 is 0 Å². The predicted molar refractivity (Wildman–Crippen MR) is 76.2 cm³/mol. The van der Waals surface area contributed by atoms with Crippen LogP contribution in [0.2, 0.25) is 0 Å². The molecule has 0 amide bonds. The molecule has 0 saturated heterocycles. The van der Waals surface area contributed by atoms with E-state index in [1.807, 2.05) is 18.2 Å². The van der Waals surface area contributed by atoms with Crippen LogP contribution in [0.3, 0.4) is 0 Å². The first-order chi connectivity index (χ1) is 9.72. The number of hydrogen-bond donors (Lipinski definition) is 0. The van der Waals surface area contributed by atoms with E-state index in [4.69, 9.17) is 0 Å². The van der Waals surface area contributed by atoms with Gasteiger partial charge < -0.3 is 0 Å². The van der Waals surface area contributed by atoms with Gasteiger partial charge in [0.15, 0.2) is 5.78 Å². The molecule has 0 atom stereocenters. The molecule has 1 heterocycles. The average Bonchev–Trinajstić information content (AvgIpc) is 2.48. The fourth-order valence-corrected chi connectivity index (χ4v) is 2.13. The average molecular weight is 265 g/mol. The van der Waals surface area contributed by atoms with Crippen LogP contribution in [0.4, 0.5) is 4.39 Å². The van der Waals surface area contributed by atoms with Gasteiger partial charge in [-0.05, 0) is 24.3 Å². The number of nitrogens with zero attached hydrogens (tertiary/aromatic N) is 1. The number of ketones is 1. The molecule has 20 heavy (non-hydrogen) atoms. The zero-order valence-electron chi connectivity index (χ0n) is 10.7. The van der Waals surface area contributed by atoms with Crippen LogP contribution in [0.5, 0.6) is 0 Å². The summed E-state index contributed by atoms with van der Waals surface area (Å²) in [5, 5.41) is 0.737. The lowest BCUT2D eigenvalue weighted by molar-refractivity contribution is 0.0992. The Hall–Kier alpha value is -2.55. The maximum Gasteiger partial charge on any atom is 0.168 e. The van der Waals surface area contributed by atoms with E-state index in [9.17, 15) is 9.18 Å². The van der Waals surface area contributed by atoms with Gasteiger partial charge >= 0.3 is 0 Å². The molecule has 0 N–H and O–H groups in total. The largest absolute Gasteiger partial charge is 0.294 e. The lowest BCUT2D eigenvalue weighted by Gasteiger charge is -2.03. The molecular formula is C17H12FNO. The van der Waals surface area contributed by atoms with E-state index in [2.05, 4.69) is 4.98 Å². The Morgan fingerprint density at radius 1 is 1.00 bits per heavy atom. The van der Waals surface area contributed by atoms with Crippen molar-refractivity contribution >= 4 is 16.7 Å². The summed E-state index contributed by atoms with van der Waals surface area (Å²) in [5.41, 5.74) is 2.07. The van der Waals surface area contributed by atoms with Crippen LogP contribution in [-0.4, -0.2) is 10.8 Å². The summed E-state index contributed by atoms with van der Waals surface area (Å²) < 4.78 is 13.1. The molecule has 0 unspecified atom stereocenters. The Morgan fingerprint density at radius 2 is 1.80 bits per heavy atom. The number of aromatic nitrogens is 1. The lowest BCUT2D eigenvalue weighted by Crippen LogP contribution is -2.04. The number of rotatable bonds is 3. The zero-order valence-corrected chi connectivity index (χ0v) is 10.7. The molecular weight excluding hydrogens is 253 g/mol. The lowest BCUT2D eigenvalue weighted by atomic mass is 10.1. The molecule has 0 fully saturated rings. The number of carbonyl (C=O) groups excluding carboxylic acids is 1. The van der Waals surface area contributed by atoms with E-state index in [0.717, 1.165) is 5.39 Å². The molecule has 0 saturated carbocycles. The predicted octanol–water partition coefficient (Wildman–Crippen LogP) is 3.80. The Balaban J connectivity index is 1.88. The van der Waals surface area contributed by atoms with Gasteiger partial charge in [-0.1, -0.05) is 36.4 Å².